The Bertz CT molecular complexity index is 665. The Kier molecular flexibility index (Phi) is 4.72. The molecule has 2 aromatic carbocycles. The number of carboxylic acid groups (broad SMARTS) is 1. The monoisotopic (exact) mass is 283 g/mol. The molecule has 0 unspecified atom stereocenters. The van der Waals surface area contributed by atoms with E-state index in [1.54, 1.807) is 24.3 Å². The van der Waals surface area contributed by atoms with Gasteiger partial charge >= 0.3 is 5.97 Å². The summed E-state index contributed by atoms with van der Waals surface area (Å²) in [6, 6.07) is 14.1. The molecule has 0 aliphatic rings. The highest BCUT2D eigenvalue weighted by Crippen LogP contribution is 2.06. The highest BCUT2D eigenvalue weighted by atomic mass is 16.4. The van der Waals surface area contributed by atoms with E-state index in [-0.39, 0.29) is 11.5 Å². The number of carboxylic acids is 1. The van der Waals surface area contributed by atoms with Crippen LogP contribution in [-0.4, -0.2) is 23.5 Å². The maximum absolute atomic E-state index is 12.0. The number of hydrogen-bond acceptors (Lipinski definition) is 2. The third-order valence-electron chi connectivity index (χ3n) is 3.15. The van der Waals surface area contributed by atoms with Gasteiger partial charge in [-0.05, 0) is 43.2 Å². The smallest absolute Gasteiger partial charge is 0.335 e. The van der Waals surface area contributed by atoms with Crippen LogP contribution in [0.4, 0.5) is 0 Å². The number of nitrogens with one attached hydrogen (secondary N) is 1. The molecule has 0 atom stereocenters. The lowest BCUT2D eigenvalue weighted by Crippen LogP contribution is -2.25. The quantitative estimate of drug-likeness (QED) is 0.886. The van der Waals surface area contributed by atoms with Crippen LogP contribution >= 0.6 is 0 Å². The molecular formula is C17H17NO3. The second kappa shape index (κ2) is 6.70. The number of rotatable bonds is 5. The molecule has 108 valence electrons. The summed E-state index contributed by atoms with van der Waals surface area (Å²) in [5, 5.41) is 11.8. The molecule has 0 aliphatic heterocycles. The van der Waals surface area contributed by atoms with Crippen molar-refractivity contribution in [2.75, 3.05) is 6.54 Å². The zero-order chi connectivity index (χ0) is 15.2. The van der Waals surface area contributed by atoms with Crippen molar-refractivity contribution >= 4 is 11.9 Å². The maximum atomic E-state index is 12.0. The molecule has 0 saturated heterocycles. The molecule has 1 amide bonds. The number of amides is 1. The summed E-state index contributed by atoms with van der Waals surface area (Å²) in [6.45, 7) is 2.41. The second-order valence-electron chi connectivity index (χ2n) is 4.88. The third-order valence-corrected chi connectivity index (χ3v) is 3.15. The Balaban J connectivity index is 1.91. The predicted octanol–water partition coefficient (Wildman–Crippen LogP) is 2.67. The number of carbonyl (C=O) groups is 2. The molecule has 2 aromatic rings. The van der Waals surface area contributed by atoms with Crippen molar-refractivity contribution in [3.8, 4) is 0 Å². The van der Waals surface area contributed by atoms with Gasteiger partial charge in [0.25, 0.3) is 5.91 Å². The van der Waals surface area contributed by atoms with Gasteiger partial charge in [-0.25, -0.2) is 4.79 Å². The Hall–Kier alpha value is -2.62. The van der Waals surface area contributed by atoms with E-state index in [0.717, 1.165) is 11.1 Å². The summed E-state index contributed by atoms with van der Waals surface area (Å²) in [6.07, 6.45) is 0.596. The lowest BCUT2D eigenvalue weighted by atomic mass is 10.1. The van der Waals surface area contributed by atoms with E-state index < -0.39 is 5.97 Å². The summed E-state index contributed by atoms with van der Waals surface area (Å²) >= 11 is 0. The van der Waals surface area contributed by atoms with E-state index in [4.69, 9.17) is 5.11 Å². The third kappa shape index (κ3) is 4.18. The summed E-state index contributed by atoms with van der Waals surface area (Å²) in [5.41, 5.74) is 2.82. The zero-order valence-electron chi connectivity index (χ0n) is 11.8. The molecule has 4 nitrogen and oxygen atoms in total. The fourth-order valence-corrected chi connectivity index (χ4v) is 2.07. The fourth-order valence-electron chi connectivity index (χ4n) is 2.07. The molecule has 0 aliphatic carbocycles. The van der Waals surface area contributed by atoms with Crippen LogP contribution in [0.25, 0.3) is 0 Å². The summed E-state index contributed by atoms with van der Waals surface area (Å²) in [5.74, 6) is -1.06. The number of aryl methyl sites for hydroxylation is 1. The van der Waals surface area contributed by atoms with E-state index in [2.05, 4.69) is 5.32 Å². The average Bonchev–Trinajstić information content (AvgIpc) is 2.47. The first-order chi connectivity index (χ1) is 10.1. The van der Waals surface area contributed by atoms with Crippen LogP contribution in [0.15, 0.2) is 48.5 Å². The van der Waals surface area contributed by atoms with Crippen molar-refractivity contribution in [1.82, 2.24) is 5.32 Å². The summed E-state index contributed by atoms with van der Waals surface area (Å²) in [4.78, 5) is 22.8. The minimum Gasteiger partial charge on any atom is -0.478 e. The van der Waals surface area contributed by atoms with Crippen molar-refractivity contribution in [2.24, 2.45) is 0 Å². The molecule has 0 fully saturated rings. The van der Waals surface area contributed by atoms with Crippen LogP contribution in [0.1, 0.15) is 31.8 Å². The van der Waals surface area contributed by atoms with Crippen LogP contribution in [0.5, 0.6) is 0 Å². The van der Waals surface area contributed by atoms with Gasteiger partial charge in [0, 0.05) is 12.1 Å². The van der Waals surface area contributed by atoms with Gasteiger partial charge in [-0.3, -0.25) is 4.79 Å². The van der Waals surface area contributed by atoms with Gasteiger partial charge in [0.05, 0.1) is 5.56 Å². The first kappa shape index (κ1) is 14.8. The molecule has 0 heterocycles. The second-order valence-corrected chi connectivity index (χ2v) is 4.88. The molecule has 0 bridgehead atoms. The Morgan fingerprint density at radius 2 is 1.76 bits per heavy atom. The highest BCUT2D eigenvalue weighted by Gasteiger charge is 2.06. The molecule has 0 saturated carbocycles. The van der Waals surface area contributed by atoms with Gasteiger partial charge in [0.1, 0.15) is 0 Å². The van der Waals surface area contributed by atoms with Crippen LogP contribution in [-0.2, 0) is 6.42 Å². The van der Waals surface area contributed by atoms with E-state index >= 15 is 0 Å². The molecule has 2 rings (SSSR count). The SMILES string of the molecule is Cc1cccc(C(=O)NCCc2cccc(C(=O)O)c2)c1. The maximum Gasteiger partial charge on any atom is 0.335 e. The first-order valence-corrected chi connectivity index (χ1v) is 6.73. The van der Waals surface area contributed by atoms with Crippen LogP contribution in [0.2, 0.25) is 0 Å². The largest absolute Gasteiger partial charge is 0.478 e. The Morgan fingerprint density at radius 1 is 1.05 bits per heavy atom. The average molecular weight is 283 g/mol. The lowest BCUT2D eigenvalue weighted by Gasteiger charge is -2.06. The minimum atomic E-state index is -0.944. The molecule has 2 N–H and O–H groups in total. The van der Waals surface area contributed by atoms with Crippen LogP contribution in [0.3, 0.4) is 0 Å². The predicted molar refractivity (Wildman–Crippen MR) is 80.6 cm³/mol. The van der Waals surface area contributed by atoms with Gasteiger partial charge in [0.15, 0.2) is 0 Å². The van der Waals surface area contributed by atoms with Gasteiger partial charge in [-0.2, -0.15) is 0 Å². The van der Waals surface area contributed by atoms with Crippen molar-refractivity contribution in [3.05, 3.63) is 70.8 Å². The number of aromatic carboxylic acids is 1. The Morgan fingerprint density at radius 3 is 2.48 bits per heavy atom. The molecule has 0 aromatic heterocycles. The standard InChI is InChI=1S/C17H17NO3/c1-12-4-2-6-14(10-12)16(19)18-9-8-13-5-3-7-15(11-13)17(20)21/h2-7,10-11H,8-9H2,1H3,(H,18,19)(H,20,21). The Labute approximate surface area is 123 Å². The molecular weight excluding hydrogens is 266 g/mol. The number of benzene rings is 2. The van der Waals surface area contributed by atoms with E-state index in [1.807, 2.05) is 31.2 Å². The summed E-state index contributed by atoms with van der Waals surface area (Å²) in [7, 11) is 0. The van der Waals surface area contributed by atoms with Crippen LogP contribution in [0, 0.1) is 6.92 Å². The van der Waals surface area contributed by atoms with Crippen molar-refractivity contribution < 1.29 is 14.7 Å². The molecule has 4 heteroatoms. The number of carbonyl (C=O) groups excluding carboxylic acids is 1. The van der Waals surface area contributed by atoms with Gasteiger partial charge in [-0.1, -0.05) is 29.8 Å². The highest BCUT2D eigenvalue weighted by molar-refractivity contribution is 5.94. The molecule has 0 spiro atoms. The van der Waals surface area contributed by atoms with Crippen LogP contribution < -0.4 is 5.32 Å². The zero-order valence-corrected chi connectivity index (χ0v) is 11.8. The van der Waals surface area contributed by atoms with E-state index in [9.17, 15) is 9.59 Å². The molecule has 0 radical (unpaired) electrons. The fraction of sp³-hybridized carbons (Fsp3) is 0.176. The first-order valence-electron chi connectivity index (χ1n) is 6.73. The van der Waals surface area contributed by atoms with Crippen molar-refractivity contribution in [2.45, 2.75) is 13.3 Å². The normalized spacial score (nSPS) is 10.1. The van der Waals surface area contributed by atoms with E-state index in [1.165, 1.54) is 0 Å². The van der Waals surface area contributed by atoms with Crippen molar-refractivity contribution in [3.63, 3.8) is 0 Å². The number of hydrogen-bond donors (Lipinski definition) is 2. The van der Waals surface area contributed by atoms with Crippen molar-refractivity contribution in [1.29, 1.82) is 0 Å². The van der Waals surface area contributed by atoms with Gasteiger partial charge in [0.2, 0.25) is 0 Å². The summed E-state index contributed by atoms with van der Waals surface area (Å²) < 4.78 is 0. The molecule has 21 heavy (non-hydrogen) atoms. The topological polar surface area (TPSA) is 66.4 Å². The van der Waals surface area contributed by atoms with Gasteiger partial charge < -0.3 is 10.4 Å². The van der Waals surface area contributed by atoms with Gasteiger partial charge in [-0.15, -0.1) is 0 Å². The lowest BCUT2D eigenvalue weighted by molar-refractivity contribution is 0.0696. The van der Waals surface area contributed by atoms with E-state index in [0.29, 0.717) is 18.5 Å². The minimum absolute atomic E-state index is 0.118.